The Hall–Kier alpha value is -2.56. The molecule has 0 aliphatic rings. The van der Waals surface area contributed by atoms with Crippen LogP contribution in [0, 0.1) is 20.8 Å². The molecule has 1 heterocycles. The van der Waals surface area contributed by atoms with E-state index in [0.29, 0.717) is 18.7 Å². The van der Waals surface area contributed by atoms with Gasteiger partial charge in [0.1, 0.15) is 0 Å². The van der Waals surface area contributed by atoms with E-state index in [1.807, 2.05) is 44.2 Å². The molecule has 0 radical (unpaired) electrons. The lowest BCUT2D eigenvalue weighted by atomic mass is 10.1. The molecule has 0 bridgehead atoms. The summed E-state index contributed by atoms with van der Waals surface area (Å²) in [6, 6.07) is 16.1. The van der Waals surface area contributed by atoms with Gasteiger partial charge in [-0.15, -0.1) is 0 Å². The molecule has 4 nitrogen and oxygen atoms in total. The van der Waals surface area contributed by atoms with Gasteiger partial charge < -0.3 is 15.0 Å². The third-order valence-electron chi connectivity index (χ3n) is 5.38. The molecule has 2 aromatic carbocycles. The van der Waals surface area contributed by atoms with Gasteiger partial charge in [0, 0.05) is 35.1 Å². The third kappa shape index (κ3) is 4.89. The minimum atomic E-state index is -0.878. The van der Waals surface area contributed by atoms with Gasteiger partial charge in [0.05, 0.1) is 5.56 Å². The first-order valence-electron chi connectivity index (χ1n) is 9.80. The zero-order valence-corrected chi connectivity index (χ0v) is 17.9. The molecule has 0 aliphatic carbocycles. The van der Waals surface area contributed by atoms with Crippen molar-refractivity contribution in [1.29, 1.82) is 0 Å². The predicted molar refractivity (Wildman–Crippen MR) is 118 cm³/mol. The number of carboxylic acids is 1. The van der Waals surface area contributed by atoms with E-state index in [9.17, 15) is 9.90 Å². The molecule has 1 aromatic heterocycles. The number of nitrogens with zero attached hydrogens (tertiary/aromatic N) is 1. The Balaban J connectivity index is 1.77. The smallest absolute Gasteiger partial charge is 0.337 e. The van der Waals surface area contributed by atoms with Crippen molar-refractivity contribution >= 4 is 17.6 Å². The molecule has 0 amide bonds. The summed E-state index contributed by atoms with van der Waals surface area (Å²) in [4.78, 5) is 12.0. The summed E-state index contributed by atoms with van der Waals surface area (Å²) in [6.45, 7) is 7.86. The number of aryl methyl sites for hydroxylation is 1. The third-order valence-corrected chi connectivity index (χ3v) is 5.75. The van der Waals surface area contributed by atoms with Crippen molar-refractivity contribution in [3.63, 3.8) is 0 Å². The van der Waals surface area contributed by atoms with E-state index >= 15 is 0 Å². The summed E-state index contributed by atoms with van der Waals surface area (Å²) in [5, 5.41) is 14.0. The van der Waals surface area contributed by atoms with Crippen molar-refractivity contribution in [1.82, 2.24) is 9.88 Å². The largest absolute Gasteiger partial charge is 0.478 e. The minimum absolute atomic E-state index is 0.403. The standard InChI is InChI=1S/C24H27ClN2O2/c1-16-7-6-8-19(13-16)15-27-17(2)21(23(18(27)3)24(28)29)14-26-12-11-20-9-4-5-10-22(20)25/h4-10,13,26H,11-12,14-15H2,1-3H3,(H,28,29). The maximum absolute atomic E-state index is 12.0. The van der Waals surface area contributed by atoms with Gasteiger partial charge in [-0.2, -0.15) is 0 Å². The Kier molecular flexibility index (Phi) is 6.78. The second-order valence-electron chi connectivity index (χ2n) is 7.42. The van der Waals surface area contributed by atoms with Gasteiger partial charge in [-0.25, -0.2) is 4.79 Å². The van der Waals surface area contributed by atoms with Crippen molar-refractivity contribution in [2.45, 2.75) is 40.3 Å². The highest BCUT2D eigenvalue weighted by atomic mass is 35.5. The molecule has 0 aliphatic heterocycles. The van der Waals surface area contributed by atoms with E-state index in [1.165, 1.54) is 11.1 Å². The summed E-state index contributed by atoms with van der Waals surface area (Å²) in [5.41, 5.74) is 6.49. The maximum Gasteiger partial charge on any atom is 0.337 e. The normalized spacial score (nSPS) is 11.0. The lowest BCUT2D eigenvalue weighted by molar-refractivity contribution is 0.0694. The Morgan fingerprint density at radius 1 is 1.07 bits per heavy atom. The number of carbonyl (C=O) groups is 1. The number of halogens is 1. The van der Waals surface area contributed by atoms with Crippen molar-refractivity contribution in [3.05, 3.63) is 92.8 Å². The average Bonchev–Trinajstić information content (AvgIpc) is 2.91. The first kappa shape index (κ1) is 21.2. The molecule has 0 fully saturated rings. The predicted octanol–water partition coefficient (Wildman–Crippen LogP) is 5.15. The average molecular weight is 411 g/mol. The van der Waals surface area contributed by atoms with Crippen molar-refractivity contribution < 1.29 is 9.90 Å². The molecule has 152 valence electrons. The van der Waals surface area contributed by atoms with Crippen LogP contribution in [0.25, 0.3) is 0 Å². The van der Waals surface area contributed by atoms with Crippen LogP contribution in [0.4, 0.5) is 0 Å². The summed E-state index contributed by atoms with van der Waals surface area (Å²) in [7, 11) is 0. The number of hydrogen-bond acceptors (Lipinski definition) is 2. The molecular formula is C24H27ClN2O2. The Labute approximate surface area is 177 Å². The minimum Gasteiger partial charge on any atom is -0.478 e. The molecule has 29 heavy (non-hydrogen) atoms. The molecule has 0 unspecified atom stereocenters. The second kappa shape index (κ2) is 9.29. The molecule has 0 saturated carbocycles. The van der Waals surface area contributed by atoms with Crippen LogP contribution in [0.15, 0.2) is 48.5 Å². The SMILES string of the molecule is Cc1cccc(Cn2c(C)c(CNCCc3ccccc3Cl)c(C(=O)O)c2C)c1. The van der Waals surface area contributed by atoms with E-state index in [1.54, 1.807) is 0 Å². The van der Waals surface area contributed by atoms with E-state index in [-0.39, 0.29) is 0 Å². The summed E-state index contributed by atoms with van der Waals surface area (Å²) < 4.78 is 2.10. The van der Waals surface area contributed by atoms with Crippen LogP contribution in [0.5, 0.6) is 0 Å². The molecule has 3 rings (SSSR count). The van der Waals surface area contributed by atoms with Gasteiger partial charge in [0.15, 0.2) is 0 Å². The number of aromatic carboxylic acids is 1. The van der Waals surface area contributed by atoms with E-state index in [4.69, 9.17) is 11.6 Å². The summed E-state index contributed by atoms with van der Waals surface area (Å²) in [6.07, 6.45) is 0.796. The van der Waals surface area contributed by atoms with Gasteiger partial charge >= 0.3 is 5.97 Å². The van der Waals surface area contributed by atoms with Gasteiger partial charge in [-0.3, -0.25) is 0 Å². The quantitative estimate of drug-likeness (QED) is 0.505. The van der Waals surface area contributed by atoms with Crippen molar-refractivity contribution in [3.8, 4) is 0 Å². The van der Waals surface area contributed by atoms with Crippen molar-refractivity contribution in [2.24, 2.45) is 0 Å². The molecule has 0 atom stereocenters. The number of hydrogen-bond donors (Lipinski definition) is 2. The topological polar surface area (TPSA) is 54.3 Å². The molecule has 0 spiro atoms. The fourth-order valence-electron chi connectivity index (χ4n) is 3.82. The molecule has 5 heteroatoms. The van der Waals surface area contributed by atoms with Crippen LogP contribution in [0.3, 0.4) is 0 Å². The lowest BCUT2D eigenvalue weighted by Gasteiger charge is -2.11. The zero-order chi connectivity index (χ0) is 21.0. The Morgan fingerprint density at radius 3 is 2.52 bits per heavy atom. The Bertz CT molecular complexity index is 1020. The van der Waals surface area contributed by atoms with Crippen LogP contribution in [0.1, 0.15) is 44.0 Å². The number of carboxylic acid groups (broad SMARTS) is 1. The first-order valence-corrected chi connectivity index (χ1v) is 10.2. The van der Waals surface area contributed by atoms with Crippen LogP contribution in [-0.4, -0.2) is 22.2 Å². The fraction of sp³-hybridized carbons (Fsp3) is 0.292. The highest BCUT2D eigenvalue weighted by Crippen LogP contribution is 2.24. The van der Waals surface area contributed by atoms with E-state index in [0.717, 1.165) is 40.5 Å². The number of rotatable bonds is 8. The molecule has 3 aromatic rings. The second-order valence-corrected chi connectivity index (χ2v) is 7.83. The first-order chi connectivity index (χ1) is 13.9. The lowest BCUT2D eigenvalue weighted by Crippen LogP contribution is -2.19. The van der Waals surface area contributed by atoms with Gasteiger partial charge in [0.2, 0.25) is 0 Å². The zero-order valence-electron chi connectivity index (χ0n) is 17.1. The highest BCUT2D eigenvalue weighted by molar-refractivity contribution is 6.31. The van der Waals surface area contributed by atoms with Gasteiger partial charge in [-0.05, 0) is 50.9 Å². The van der Waals surface area contributed by atoms with Crippen LogP contribution in [-0.2, 0) is 19.5 Å². The van der Waals surface area contributed by atoms with Gasteiger partial charge in [-0.1, -0.05) is 59.6 Å². The Morgan fingerprint density at radius 2 is 1.83 bits per heavy atom. The van der Waals surface area contributed by atoms with Crippen LogP contribution < -0.4 is 5.32 Å². The highest BCUT2D eigenvalue weighted by Gasteiger charge is 2.22. The summed E-state index contributed by atoms with van der Waals surface area (Å²) >= 11 is 6.22. The van der Waals surface area contributed by atoms with Crippen molar-refractivity contribution in [2.75, 3.05) is 6.54 Å². The van der Waals surface area contributed by atoms with E-state index in [2.05, 4.69) is 35.0 Å². The monoisotopic (exact) mass is 410 g/mol. The van der Waals surface area contributed by atoms with E-state index < -0.39 is 5.97 Å². The van der Waals surface area contributed by atoms with Crippen LogP contribution in [0.2, 0.25) is 5.02 Å². The number of aromatic nitrogens is 1. The molecular weight excluding hydrogens is 384 g/mol. The fourth-order valence-corrected chi connectivity index (χ4v) is 4.05. The summed E-state index contributed by atoms with van der Waals surface area (Å²) in [5.74, 6) is -0.878. The van der Waals surface area contributed by atoms with Gasteiger partial charge in [0.25, 0.3) is 0 Å². The maximum atomic E-state index is 12.0. The number of benzene rings is 2. The van der Waals surface area contributed by atoms with Crippen LogP contribution >= 0.6 is 11.6 Å². The molecule has 0 saturated heterocycles. The molecule has 2 N–H and O–H groups in total. The number of nitrogens with one attached hydrogen (secondary N) is 1.